The van der Waals surface area contributed by atoms with Crippen molar-refractivity contribution in [1.82, 2.24) is 5.43 Å². The fourth-order valence-electron chi connectivity index (χ4n) is 3.09. The van der Waals surface area contributed by atoms with Crippen LogP contribution in [0.2, 0.25) is 0 Å². The van der Waals surface area contributed by atoms with Crippen LogP contribution in [0.4, 0.5) is 5.00 Å². The number of fused-ring (bicyclic) bond motifs is 1. The molecule has 1 amide bonds. The van der Waals surface area contributed by atoms with E-state index in [1.807, 2.05) is 6.07 Å². The van der Waals surface area contributed by atoms with Crippen LogP contribution in [0.1, 0.15) is 55.6 Å². The molecule has 134 valence electrons. The molecule has 2 heterocycles. The number of thiophene rings is 2. The summed E-state index contributed by atoms with van der Waals surface area (Å²) in [6, 6.07) is 3.56. The van der Waals surface area contributed by atoms with Gasteiger partial charge in [-0.3, -0.25) is 16.1 Å². The van der Waals surface area contributed by atoms with Crippen LogP contribution in [0.25, 0.3) is 0 Å². The summed E-state index contributed by atoms with van der Waals surface area (Å²) >= 11 is 2.73. The number of hydrazine groups is 1. The zero-order valence-corrected chi connectivity index (χ0v) is 15.8. The van der Waals surface area contributed by atoms with Crippen molar-refractivity contribution < 1.29 is 14.7 Å². The lowest BCUT2D eigenvalue weighted by molar-refractivity contribution is 0.0696. The maximum Gasteiger partial charge on any atom is 0.339 e. The predicted octanol–water partition coefficient (Wildman–Crippen LogP) is 3.24. The van der Waals surface area contributed by atoms with Crippen LogP contribution >= 0.6 is 22.7 Å². The molecule has 5 N–H and O–H groups in total. The normalized spacial score (nSPS) is 15.6. The Morgan fingerprint density at radius 2 is 2.08 bits per heavy atom. The minimum absolute atomic E-state index is 0.0808. The van der Waals surface area contributed by atoms with Gasteiger partial charge >= 0.3 is 5.97 Å². The Balaban J connectivity index is 1.88. The van der Waals surface area contributed by atoms with Crippen molar-refractivity contribution >= 4 is 39.6 Å². The van der Waals surface area contributed by atoms with E-state index in [-0.39, 0.29) is 16.9 Å². The smallest absolute Gasteiger partial charge is 0.339 e. The number of carbonyl (C=O) groups is 2. The summed E-state index contributed by atoms with van der Waals surface area (Å²) in [4.78, 5) is 26.9. The molecular weight excluding hydrogens is 358 g/mol. The quantitative estimate of drug-likeness (QED) is 0.472. The molecule has 25 heavy (non-hydrogen) atoms. The molecule has 0 atom stereocenters. The van der Waals surface area contributed by atoms with Crippen LogP contribution in [0.5, 0.6) is 0 Å². The number of rotatable bonds is 5. The Morgan fingerprint density at radius 1 is 1.32 bits per heavy atom. The number of anilines is 1. The van der Waals surface area contributed by atoms with Crippen molar-refractivity contribution in [2.24, 2.45) is 11.3 Å². The molecule has 0 radical (unpaired) electrons. The molecule has 1 aliphatic carbocycles. The number of hydrogen-bond acceptors (Lipinski definition) is 6. The summed E-state index contributed by atoms with van der Waals surface area (Å²) in [5, 5.41) is 12.9. The molecule has 0 saturated heterocycles. The summed E-state index contributed by atoms with van der Waals surface area (Å²) in [7, 11) is 0. The summed E-state index contributed by atoms with van der Waals surface area (Å²) in [6.07, 6.45) is 2.60. The molecule has 8 heteroatoms. The molecule has 6 nitrogen and oxygen atoms in total. The fourth-order valence-corrected chi connectivity index (χ4v) is 5.15. The van der Waals surface area contributed by atoms with E-state index >= 15 is 0 Å². The van der Waals surface area contributed by atoms with Crippen LogP contribution in [0.15, 0.2) is 12.1 Å². The highest BCUT2D eigenvalue weighted by Gasteiger charge is 2.33. The van der Waals surface area contributed by atoms with E-state index in [0.29, 0.717) is 16.4 Å². The lowest BCUT2D eigenvalue weighted by Gasteiger charge is -2.29. The number of nitrogens with two attached hydrogens (primary N) is 1. The summed E-state index contributed by atoms with van der Waals surface area (Å²) in [5.74, 6) is 4.03. The number of nitrogens with one attached hydrogen (secondary N) is 2. The number of amides is 1. The second-order valence-corrected chi connectivity index (χ2v) is 9.23. The van der Waals surface area contributed by atoms with Crippen molar-refractivity contribution in [3.8, 4) is 0 Å². The molecule has 0 unspecified atom stereocenters. The van der Waals surface area contributed by atoms with Gasteiger partial charge in [-0.2, -0.15) is 0 Å². The first-order chi connectivity index (χ1) is 11.8. The topological polar surface area (TPSA) is 104 Å². The second kappa shape index (κ2) is 6.87. The Bertz CT molecular complexity index is 823. The van der Waals surface area contributed by atoms with Gasteiger partial charge in [0.15, 0.2) is 0 Å². The summed E-state index contributed by atoms with van der Waals surface area (Å²) in [6.45, 7) is 4.78. The predicted molar refractivity (Wildman–Crippen MR) is 100 cm³/mol. The average Bonchev–Trinajstić information content (AvgIpc) is 3.10. The SMILES string of the molecule is CC1(C)CCc2sc(NC(=O)c3ccc(CNN)s3)c(C(=O)O)c2C1. The molecule has 0 saturated carbocycles. The highest BCUT2D eigenvalue weighted by atomic mass is 32.1. The Morgan fingerprint density at radius 3 is 2.76 bits per heavy atom. The van der Waals surface area contributed by atoms with Crippen LogP contribution < -0.4 is 16.6 Å². The van der Waals surface area contributed by atoms with E-state index in [1.165, 1.54) is 22.7 Å². The van der Waals surface area contributed by atoms with Crippen LogP contribution in [0.3, 0.4) is 0 Å². The molecule has 0 fully saturated rings. The number of hydrogen-bond donors (Lipinski definition) is 4. The van der Waals surface area contributed by atoms with Gasteiger partial charge in [-0.15, -0.1) is 22.7 Å². The molecule has 0 bridgehead atoms. The van der Waals surface area contributed by atoms with Gasteiger partial charge in [0.2, 0.25) is 0 Å². The largest absolute Gasteiger partial charge is 0.478 e. The number of aromatic carboxylic acids is 1. The third-order valence-electron chi connectivity index (χ3n) is 4.38. The van der Waals surface area contributed by atoms with Crippen LogP contribution in [0, 0.1) is 5.41 Å². The molecule has 2 aromatic rings. The van der Waals surface area contributed by atoms with Crippen molar-refractivity contribution in [1.29, 1.82) is 0 Å². The zero-order chi connectivity index (χ0) is 18.2. The van der Waals surface area contributed by atoms with E-state index in [2.05, 4.69) is 24.6 Å². The van der Waals surface area contributed by atoms with E-state index in [1.54, 1.807) is 6.07 Å². The Hall–Kier alpha value is -1.74. The van der Waals surface area contributed by atoms with Gasteiger partial charge in [-0.25, -0.2) is 4.79 Å². The highest BCUT2D eigenvalue weighted by Crippen LogP contribution is 2.43. The van der Waals surface area contributed by atoms with Gasteiger partial charge in [0.25, 0.3) is 5.91 Å². The average molecular weight is 380 g/mol. The maximum absolute atomic E-state index is 12.5. The van der Waals surface area contributed by atoms with Crippen LogP contribution in [-0.4, -0.2) is 17.0 Å². The molecule has 0 aliphatic heterocycles. The molecular formula is C17H21N3O3S2. The maximum atomic E-state index is 12.5. The Kier molecular flexibility index (Phi) is 4.97. The van der Waals surface area contributed by atoms with Crippen LogP contribution in [-0.2, 0) is 19.4 Å². The minimum Gasteiger partial charge on any atom is -0.478 e. The van der Waals surface area contributed by atoms with Gasteiger partial charge in [0, 0.05) is 16.3 Å². The number of carbonyl (C=O) groups excluding carboxylic acids is 1. The van der Waals surface area contributed by atoms with E-state index in [4.69, 9.17) is 5.84 Å². The second-order valence-electron chi connectivity index (χ2n) is 6.96. The zero-order valence-electron chi connectivity index (χ0n) is 14.1. The first kappa shape index (κ1) is 18.1. The van der Waals surface area contributed by atoms with E-state index in [0.717, 1.165) is 34.6 Å². The van der Waals surface area contributed by atoms with Crippen molar-refractivity contribution in [3.05, 3.63) is 37.9 Å². The third-order valence-corrected chi connectivity index (χ3v) is 6.67. The lowest BCUT2D eigenvalue weighted by Crippen LogP contribution is -2.22. The highest BCUT2D eigenvalue weighted by molar-refractivity contribution is 7.17. The summed E-state index contributed by atoms with van der Waals surface area (Å²) in [5.41, 5.74) is 3.76. The number of aryl methyl sites for hydroxylation is 1. The number of carboxylic acids is 1. The fraction of sp³-hybridized carbons (Fsp3) is 0.412. The lowest BCUT2D eigenvalue weighted by atomic mass is 9.76. The third kappa shape index (κ3) is 3.77. The van der Waals surface area contributed by atoms with Crippen molar-refractivity contribution in [2.75, 3.05) is 5.32 Å². The van der Waals surface area contributed by atoms with Crippen molar-refractivity contribution in [2.45, 2.75) is 39.7 Å². The van der Waals surface area contributed by atoms with Gasteiger partial charge in [0.1, 0.15) is 5.00 Å². The van der Waals surface area contributed by atoms with Gasteiger partial charge in [-0.1, -0.05) is 13.8 Å². The Labute approximate surface area is 154 Å². The van der Waals surface area contributed by atoms with Crippen molar-refractivity contribution in [3.63, 3.8) is 0 Å². The van der Waals surface area contributed by atoms with Gasteiger partial charge < -0.3 is 10.4 Å². The first-order valence-electron chi connectivity index (χ1n) is 8.02. The molecule has 1 aliphatic rings. The molecule has 0 aromatic carbocycles. The molecule has 2 aromatic heterocycles. The monoisotopic (exact) mass is 379 g/mol. The van der Waals surface area contributed by atoms with E-state index < -0.39 is 5.97 Å². The van der Waals surface area contributed by atoms with Gasteiger partial charge in [-0.05, 0) is 42.4 Å². The molecule has 0 spiro atoms. The van der Waals surface area contributed by atoms with Gasteiger partial charge in [0.05, 0.1) is 10.4 Å². The van der Waals surface area contributed by atoms with E-state index in [9.17, 15) is 14.7 Å². The minimum atomic E-state index is -0.982. The summed E-state index contributed by atoms with van der Waals surface area (Å²) < 4.78 is 0. The first-order valence-corrected chi connectivity index (χ1v) is 9.65. The molecule has 3 rings (SSSR count). The standard InChI is InChI=1S/C17H21N3O3S2/c1-17(2)6-5-11-10(7-17)13(16(22)23)15(25-11)20-14(21)12-4-3-9(24-12)8-19-18/h3-4,19H,5-8,18H2,1-2H3,(H,20,21)(H,22,23). The number of carboxylic acid groups (broad SMARTS) is 1.